The Hall–Kier alpha value is -1.85. The van der Waals surface area contributed by atoms with Crippen LogP contribution in [-0.2, 0) is 11.3 Å². The summed E-state index contributed by atoms with van der Waals surface area (Å²) in [5.74, 6) is 0. The summed E-state index contributed by atoms with van der Waals surface area (Å²) < 4.78 is 5.11. The van der Waals surface area contributed by atoms with Gasteiger partial charge in [-0.3, -0.25) is 4.90 Å². The van der Waals surface area contributed by atoms with Gasteiger partial charge in [0.25, 0.3) is 0 Å². The molecule has 0 aromatic heterocycles. The van der Waals surface area contributed by atoms with E-state index in [1.54, 1.807) is 6.08 Å². The first kappa shape index (κ1) is 13.6. The van der Waals surface area contributed by atoms with Crippen molar-refractivity contribution in [3.05, 3.63) is 48.6 Å². The molecule has 2 rings (SSSR count). The van der Waals surface area contributed by atoms with E-state index in [0.29, 0.717) is 6.54 Å². The molecule has 19 heavy (non-hydrogen) atoms. The highest BCUT2D eigenvalue weighted by molar-refractivity contribution is 5.71. The van der Waals surface area contributed by atoms with Crippen LogP contribution in [0.1, 0.15) is 5.56 Å². The Morgan fingerprint density at radius 3 is 2.68 bits per heavy atom. The predicted molar refractivity (Wildman–Crippen MR) is 69.3 cm³/mol. The topological polar surface area (TPSA) is 70.0 Å². The minimum absolute atomic E-state index is 0.380. The minimum atomic E-state index is -1.10. The molecule has 1 aliphatic heterocycles. The molecule has 0 unspecified atom stereocenters. The van der Waals surface area contributed by atoms with Crippen molar-refractivity contribution in [2.75, 3.05) is 6.61 Å². The second-order valence-corrected chi connectivity index (χ2v) is 4.44. The number of hydrogen-bond donors (Lipinski definition) is 2. The van der Waals surface area contributed by atoms with Crippen LogP contribution >= 0.6 is 0 Å². The van der Waals surface area contributed by atoms with Gasteiger partial charge < -0.3 is 14.9 Å². The summed E-state index contributed by atoms with van der Waals surface area (Å²) >= 11 is 0. The minimum Gasteiger partial charge on any atom is -0.441 e. The monoisotopic (exact) mass is 263 g/mol. The van der Waals surface area contributed by atoms with Gasteiger partial charge in [0, 0.05) is 6.54 Å². The van der Waals surface area contributed by atoms with Gasteiger partial charge in [-0.15, -0.1) is 6.58 Å². The van der Waals surface area contributed by atoms with Gasteiger partial charge in [0.1, 0.15) is 6.10 Å². The number of aliphatic hydroxyl groups is 2. The number of cyclic esters (lactones) is 1. The highest BCUT2D eigenvalue weighted by Crippen LogP contribution is 2.25. The third-order valence-corrected chi connectivity index (χ3v) is 3.17. The number of carbonyl (C=O) groups excluding carboxylic acids is 1. The summed E-state index contributed by atoms with van der Waals surface area (Å²) in [7, 11) is 0. The van der Waals surface area contributed by atoms with Gasteiger partial charge in [0.2, 0.25) is 0 Å². The number of hydrogen-bond acceptors (Lipinski definition) is 4. The number of rotatable bonds is 5. The molecule has 2 N–H and O–H groups in total. The normalized spacial score (nSPS) is 24.1. The second-order valence-electron chi connectivity index (χ2n) is 4.44. The fraction of sp³-hybridized carbons (Fsp3) is 0.357. The number of carbonyl (C=O) groups is 1. The number of nitrogens with zero attached hydrogens (tertiary/aromatic N) is 1. The van der Waals surface area contributed by atoms with Gasteiger partial charge in [-0.25, -0.2) is 4.79 Å². The Kier molecular flexibility index (Phi) is 4.19. The molecule has 1 heterocycles. The van der Waals surface area contributed by atoms with Gasteiger partial charge in [-0.1, -0.05) is 36.4 Å². The summed E-state index contributed by atoms with van der Waals surface area (Å²) in [6.45, 7) is 3.59. The van der Waals surface area contributed by atoms with E-state index in [-0.39, 0.29) is 0 Å². The molecule has 0 saturated carbocycles. The Labute approximate surface area is 111 Å². The van der Waals surface area contributed by atoms with Gasteiger partial charge in [0.05, 0.1) is 12.6 Å². The molecule has 1 amide bonds. The average molecular weight is 263 g/mol. The SMILES string of the molecule is C=C[C@@H]1[C@@H]([C@@H](O)CO)OC(=O)N1Cc1ccccc1. The van der Waals surface area contributed by atoms with Crippen LogP contribution in [0, 0.1) is 0 Å². The zero-order valence-corrected chi connectivity index (χ0v) is 10.5. The van der Waals surface area contributed by atoms with Crippen molar-refractivity contribution in [2.45, 2.75) is 24.8 Å². The summed E-state index contributed by atoms with van der Waals surface area (Å²) in [6.07, 6.45) is -0.838. The first-order valence-corrected chi connectivity index (χ1v) is 6.10. The first-order chi connectivity index (χ1) is 9.17. The van der Waals surface area contributed by atoms with Crippen molar-refractivity contribution >= 4 is 6.09 Å². The van der Waals surface area contributed by atoms with Crippen molar-refractivity contribution in [1.29, 1.82) is 0 Å². The third kappa shape index (κ3) is 2.77. The molecule has 3 atom stereocenters. The highest BCUT2D eigenvalue weighted by Gasteiger charge is 2.43. The standard InChI is InChI=1S/C14H17NO4/c1-2-11-13(12(17)9-16)19-14(18)15(11)8-10-6-4-3-5-7-10/h2-7,11-13,16-17H,1,8-9H2/t11-,12+,13+/m1/s1. The van der Waals surface area contributed by atoms with Crippen molar-refractivity contribution in [3.63, 3.8) is 0 Å². The van der Waals surface area contributed by atoms with Gasteiger partial charge in [-0.05, 0) is 5.56 Å². The Morgan fingerprint density at radius 2 is 2.11 bits per heavy atom. The Morgan fingerprint density at radius 1 is 1.42 bits per heavy atom. The molecule has 1 fully saturated rings. The molecule has 5 nitrogen and oxygen atoms in total. The predicted octanol–water partition coefficient (Wildman–Crippen LogP) is 0.915. The van der Waals surface area contributed by atoms with E-state index < -0.39 is 30.9 Å². The van der Waals surface area contributed by atoms with Crippen LogP contribution in [-0.4, -0.2) is 46.1 Å². The average Bonchev–Trinajstić information content (AvgIpc) is 2.76. The fourth-order valence-corrected chi connectivity index (χ4v) is 2.17. The van der Waals surface area contributed by atoms with E-state index in [4.69, 9.17) is 9.84 Å². The van der Waals surface area contributed by atoms with Crippen LogP contribution in [0.15, 0.2) is 43.0 Å². The Balaban J connectivity index is 2.15. The largest absolute Gasteiger partial charge is 0.441 e. The fourth-order valence-electron chi connectivity index (χ4n) is 2.17. The quantitative estimate of drug-likeness (QED) is 0.775. The third-order valence-electron chi connectivity index (χ3n) is 3.17. The lowest BCUT2D eigenvalue weighted by atomic mass is 10.1. The molecule has 1 aliphatic rings. The smallest absolute Gasteiger partial charge is 0.411 e. The molecule has 102 valence electrons. The zero-order chi connectivity index (χ0) is 13.8. The van der Waals surface area contributed by atoms with Gasteiger partial charge in [0.15, 0.2) is 6.10 Å². The molecule has 1 saturated heterocycles. The Bertz CT molecular complexity index is 448. The summed E-state index contributed by atoms with van der Waals surface area (Å²) in [4.78, 5) is 13.3. The van der Waals surface area contributed by atoms with E-state index in [0.717, 1.165) is 5.56 Å². The molecular weight excluding hydrogens is 246 g/mol. The number of aliphatic hydroxyl groups excluding tert-OH is 2. The van der Waals surface area contributed by atoms with E-state index in [1.165, 1.54) is 4.90 Å². The van der Waals surface area contributed by atoms with Crippen molar-refractivity contribution < 1.29 is 19.7 Å². The van der Waals surface area contributed by atoms with Crippen LogP contribution in [0.2, 0.25) is 0 Å². The van der Waals surface area contributed by atoms with Gasteiger partial charge >= 0.3 is 6.09 Å². The maximum absolute atomic E-state index is 11.8. The summed E-state index contributed by atoms with van der Waals surface area (Å²) in [5.41, 5.74) is 0.963. The molecule has 0 bridgehead atoms. The van der Waals surface area contributed by atoms with E-state index in [9.17, 15) is 9.90 Å². The molecule has 0 aliphatic carbocycles. The van der Waals surface area contributed by atoms with Gasteiger partial charge in [-0.2, -0.15) is 0 Å². The summed E-state index contributed by atoms with van der Waals surface area (Å²) in [6, 6.07) is 9.04. The number of ether oxygens (including phenoxy) is 1. The van der Waals surface area contributed by atoms with Crippen molar-refractivity contribution in [3.8, 4) is 0 Å². The molecular formula is C14H17NO4. The van der Waals surface area contributed by atoms with Crippen molar-refractivity contribution in [1.82, 2.24) is 4.90 Å². The first-order valence-electron chi connectivity index (χ1n) is 6.10. The molecule has 0 radical (unpaired) electrons. The lowest BCUT2D eigenvalue weighted by Gasteiger charge is -2.23. The maximum atomic E-state index is 11.8. The summed E-state index contributed by atoms with van der Waals surface area (Å²) in [5, 5.41) is 18.6. The number of amides is 1. The zero-order valence-electron chi connectivity index (χ0n) is 10.5. The van der Waals surface area contributed by atoms with E-state index >= 15 is 0 Å². The van der Waals surface area contributed by atoms with Crippen LogP contribution in [0.5, 0.6) is 0 Å². The van der Waals surface area contributed by atoms with Crippen LogP contribution in [0.4, 0.5) is 4.79 Å². The lowest BCUT2D eigenvalue weighted by Crippen LogP contribution is -2.41. The molecule has 0 spiro atoms. The maximum Gasteiger partial charge on any atom is 0.411 e. The van der Waals surface area contributed by atoms with Crippen molar-refractivity contribution in [2.24, 2.45) is 0 Å². The molecule has 5 heteroatoms. The second kappa shape index (κ2) is 5.86. The van der Waals surface area contributed by atoms with Crippen LogP contribution in [0.25, 0.3) is 0 Å². The lowest BCUT2D eigenvalue weighted by molar-refractivity contribution is -0.00849. The molecule has 1 aromatic carbocycles. The highest BCUT2D eigenvalue weighted by atomic mass is 16.6. The number of benzene rings is 1. The molecule has 1 aromatic rings. The van der Waals surface area contributed by atoms with Crippen LogP contribution < -0.4 is 0 Å². The van der Waals surface area contributed by atoms with E-state index in [2.05, 4.69) is 6.58 Å². The van der Waals surface area contributed by atoms with E-state index in [1.807, 2.05) is 30.3 Å². The van der Waals surface area contributed by atoms with Crippen LogP contribution in [0.3, 0.4) is 0 Å².